The summed E-state index contributed by atoms with van der Waals surface area (Å²) in [7, 11) is 4.32. The van der Waals surface area contributed by atoms with Gasteiger partial charge in [-0.1, -0.05) is 88.4 Å². The first-order chi connectivity index (χ1) is 16.3. The molecule has 0 fully saturated rings. The van der Waals surface area contributed by atoms with E-state index in [0.29, 0.717) is 0 Å². The third-order valence-corrected chi connectivity index (χ3v) is 6.32. The highest BCUT2D eigenvalue weighted by Crippen LogP contribution is 2.19. The van der Waals surface area contributed by atoms with Crippen LogP contribution in [0, 0.1) is 5.92 Å². The van der Waals surface area contributed by atoms with Crippen LogP contribution in [0.4, 0.5) is 0 Å². The number of carbonyl (C=O) groups excluding carboxylic acids is 1. The Labute approximate surface area is 207 Å². The lowest BCUT2D eigenvalue weighted by atomic mass is 10.0. The highest BCUT2D eigenvalue weighted by molar-refractivity contribution is 5.72. The van der Waals surface area contributed by atoms with Crippen LogP contribution in [0.5, 0.6) is 5.75 Å². The molecule has 4 nitrogen and oxygen atoms in total. The summed E-state index contributed by atoms with van der Waals surface area (Å²) in [6.07, 6.45) is 9.08. The van der Waals surface area contributed by atoms with Gasteiger partial charge in [0.25, 0.3) is 0 Å². The van der Waals surface area contributed by atoms with E-state index in [9.17, 15) is 4.79 Å². The number of benzene rings is 2. The summed E-state index contributed by atoms with van der Waals surface area (Å²) >= 11 is 0. The molecule has 188 valence electrons. The highest BCUT2D eigenvalue weighted by Gasteiger charge is 2.29. The molecule has 0 radical (unpaired) electrons. The van der Waals surface area contributed by atoms with Gasteiger partial charge in [0.15, 0.2) is 0 Å². The van der Waals surface area contributed by atoms with Crippen molar-refractivity contribution >= 4 is 5.97 Å². The second-order valence-electron chi connectivity index (χ2n) is 10.2. The Morgan fingerprint density at radius 2 is 1.50 bits per heavy atom. The molecule has 34 heavy (non-hydrogen) atoms. The zero-order chi connectivity index (χ0) is 24.8. The van der Waals surface area contributed by atoms with Crippen molar-refractivity contribution in [3.63, 3.8) is 0 Å². The summed E-state index contributed by atoms with van der Waals surface area (Å²) in [5.74, 6) is 0.388. The van der Waals surface area contributed by atoms with E-state index in [0.717, 1.165) is 36.2 Å². The maximum Gasteiger partial charge on any atom is 0.317 e. The fourth-order valence-electron chi connectivity index (χ4n) is 4.43. The van der Waals surface area contributed by atoms with E-state index in [1.165, 1.54) is 49.7 Å². The van der Waals surface area contributed by atoms with Gasteiger partial charge in [0.2, 0.25) is 6.29 Å². The summed E-state index contributed by atoms with van der Waals surface area (Å²) in [6.45, 7) is 7.69. The van der Waals surface area contributed by atoms with E-state index in [1.807, 2.05) is 25.1 Å². The number of unbranched alkanes of at least 4 members (excludes halogenated alkanes) is 5. The number of rotatable bonds is 16. The predicted molar refractivity (Wildman–Crippen MR) is 141 cm³/mol. The van der Waals surface area contributed by atoms with Crippen LogP contribution < -0.4 is 4.74 Å². The summed E-state index contributed by atoms with van der Waals surface area (Å²) in [5, 5.41) is 0. The van der Waals surface area contributed by atoms with Gasteiger partial charge in [-0.15, -0.1) is 0 Å². The van der Waals surface area contributed by atoms with Crippen molar-refractivity contribution in [1.29, 1.82) is 0 Å². The van der Waals surface area contributed by atoms with Gasteiger partial charge in [0.05, 0.1) is 20.6 Å². The van der Waals surface area contributed by atoms with E-state index in [4.69, 9.17) is 9.47 Å². The van der Waals surface area contributed by atoms with Gasteiger partial charge in [-0.3, -0.25) is 4.79 Å². The number of esters is 1. The smallest absolute Gasteiger partial charge is 0.317 e. The van der Waals surface area contributed by atoms with Crippen LogP contribution in [0.2, 0.25) is 0 Å². The zero-order valence-electron chi connectivity index (χ0n) is 22.1. The maximum absolute atomic E-state index is 12.9. The Morgan fingerprint density at radius 3 is 2.15 bits per heavy atom. The lowest BCUT2D eigenvalue weighted by Crippen LogP contribution is -2.45. The van der Waals surface area contributed by atoms with Crippen molar-refractivity contribution in [2.24, 2.45) is 5.92 Å². The molecule has 0 aliphatic rings. The number of aryl methyl sites for hydroxylation is 1. The van der Waals surface area contributed by atoms with Crippen molar-refractivity contribution in [3.05, 3.63) is 65.7 Å². The van der Waals surface area contributed by atoms with E-state index in [1.54, 1.807) is 6.92 Å². The van der Waals surface area contributed by atoms with Crippen molar-refractivity contribution in [2.45, 2.75) is 85.0 Å². The molecule has 2 rings (SSSR count). The Hall–Kier alpha value is -2.33. The molecule has 2 aromatic carbocycles. The largest absolute Gasteiger partial charge is 0.455 e. The van der Waals surface area contributed by atoms with Crippen molar-refractivity contribution < 1.29 is 18.8 Å². The molecule has 0 spiro atoms. The van der Waals surface area contributed by atoms with E-state index in [-0.39, 0.29) is 11.9 Å². The standard InChI is InChI=1S/C30H46NO3/c1-6-8-9-10-11-13-16-26-19-21-29(22-20-26)33-25(3)34-30(32)28(7-2)24-31(4,5)23-27-17-14-12-15-18-27/h12,14-15,17-22,25,28H,6-11,13,16,23-24H2,1-5H3/q+1. The predicted octanol–water partition coefficient (Wildman–Crippen LogP) is 7.16. The third-order valence-electron chi connectivity index (χ3n) is 6.32. The molecule has 0 N–H and O–H groups in total. The summed E-state index contributed by atoms with van der Waals surface area (Å²) in [5.41, 5.74) is 2.60. The second-order valence-corrected chi connectivity index (χ2v) is 10.2. The molecule has 4 heteroatoms. The molecular weight excluding hydrogens is 422 g/mol. The molecule has 0 bridgehead atoms. The average Bonchev–Trinajstić information content (AvgIpc) is 2.81. The quantitative estimate of drug-likeness (QED) is 0.113. The first-order valence-electron chi connectivity index (χ1n) is 13.1. The topological polar surface area (TPSA) is 35.5 Å². The molecule has 0 aromatic heterocycles. The van der Waals surface area contributed by atoms with Crippen LogP contribution in [0.15, 0.2) is 54.6 Å². The van der Waals surface area contributed by atoms with Crippen molar-refractivity contribution in [1.82, 2.24) is 0 Å². The SMILES string of the molecule is CCCCCCCCc1ccc(OC(C)OC(=O)C(CC)C[N+](C)(C)Cc2ccccc2)cc1. The zero-order valence-corrected chi connectivity index (χ0v) is 22.1. The number of nitrogens with zero attached hydrogens (tertiary/aromatic N) is 1. The van der Waals surface area contributed by atoms with Gasteiger partial charge in [0.1, 0.15) is 18.2 Å². The molecule has 0 heterocycles. The minimum absolute atomic E-state index is 0.163. The Kier molecular flexibility index (Phi) is 12.2. The fraction of sp³-hybridized carbons (Fsp3) is 0.567. The van der Waals surface area contributed by atoms with Gasteiger partial charge < -0.3 is 14.0 Å². The molecule has 0 aliphatic heterocycles. The molecular formula is C30H46NO3+. The monoisotopic (exact) mass is 468 g/mol. The van der Waals surface area contributed by atoms with Gasteiger partial charge in [0, 0.05) is 12.5 Å². The number of quaternary nitrogens is 1. The van der Waals surface area contributed by atoms with Crippen LogP contribution in [-0.4, -0.2) is 37.4 Å². The molecule has 2 aromatic rings. The summed E-state index contributed by atoms with van der Waals surface area (Å²) < 4.78 is 12.3. The van der Waals surface area contributed by atoms with Crippen molar-refractivity contribution in [2.75, 3.05) is 20.6 Å². The van der Waals surface area contributed by atoms with Crippen LogP contribution in [0.25, 0.3) is 0 Å². The molecule has 0 saturated heterocycles. The van der Waals surface area contributed by atoms with Gasteiger partial charge in [-0.2, -0.15) is 0 Å². The minimum Gasteiger partial charge on any atom is -0.455 e. The average molecular weight is 469 g/mol. The minimum atomic E-state index is -0.615. The normalized spacial score (nSPS) is 13.3. The fourth-order valence-corrected chi connectivity index (χ4v) is 4.43. The summed E-state index contributed by atoms with van der Waals surface area (Å²) in [4.78, 5) is 12.9. The van der Waals surface area contributed by atoms with Gasteiger partial charge in [-0.05, 0) is 37.0 Å². The lowest BCUT2D eigenvalue weighted by Gasteiger charge is -2.33. The maximum atomic E-state index is 12.9. The Bertz CT molecular complexity index is 817. The van der Waals surface area contributed by atoms with Crippen LogP contribution in [0.1, 0.15) is 76.8 Å². The number of carbonyl (C=O) groups is 1. The molecule has 2 unspecified atom stereocenters. The molecule has 0 amide bonds. The third kappa shape index (κ3) is 10.7. The molecule has 2 atom stereocenters. The van der Waals surface area contributed by atoms with Crippen molar-refractivity contribution in [3.8, 4) is 5.75 Å². The van der Waals surface area contributed by atoms with Crippen LogP contribution in [0.3, 0.4) is 0 Å². The summed E-state index contributed by atoms with van der Waals surface area (Å²) in [6, 6.07) is 18.6. The molecule has 0 saturated carbocycles. The highest BCUT2D eigenvalue weighted by atomic mass is 16.7. The first kappa shape index (κ1) is 27.9. The Balaban J connectivity index is 1.78. The van der Waals surface area contributed by atoms with E-state index in [2.05, 4.69) is 57.4 Å². The van der Waals surface area contributed by atoms with E-state index < -0.39 is 6.29 Å². The van der Waals surface area contributed by atoms with Gasteiger partial charge in [-0.25, -0.2) is 0 Å². The lowest BCUT2D eigenvalue weighted by molar-refractivity contribution is -0.906. The van der Waals surface area contributed by atoms with E-state index >= 15 is 0 Å². The second kappa shape index (κ2) is 14.8. The Morgan fingerprint density at radius 1 is 0.853 bits per heavy atom. The first-order valence-corrected chi connectivity index (χ1v) is 13.1. The van der Waals surface area contributed by atoms with Gasteiger partial charge >= 0.3 is 5.97 Å². The number of hydrogen-bond donors (Lipinski definition) is 0. The number of hydrogen-bond acceptors (Lipinski definition) is 3. The number of ether oxygens (including phenoxy) is 2. The van der Waals surface area contributed by atoms with Crippen LogP contribution in [-0.2, 0) is 22.5 Å². The van der Waals surface area contributed by atoms with Crippen LogP contribution >= 0.6 is 0 Å². The molecule has 0 aliphatic carbocycles.